The molecule has 0 radical (unpaired) electrons. The predicted molar refractivity (Wildman–Crippen MR) is 73.2 cm³/mol. The molecule has 0 saturated carbocycles. The molecule has 1 aromatic heterocycles. The van der Waals surface area contributed by atoms with Crippen molar-refractivity contribution in [2.24, 2.45) is 5.73 Å². The van der Waals surface area contributed by atoms with Crippen LogP contribution in [0.2, 0.25) is 0 Å². The highest BCUT2D eigenvalue weighted by molar-refractivity contribution is 5.63. The average molecular weight is 353 g/mol. The number of halogens is 6. The molecule has 0 amide bonds. The highest BCUT2D eigenvalue weighted by atomic mass is 19.4. The van der Waals surface area contributed by atoms with Crippen molar-refractivity contribution >= 4 is 0 Å². The van der Waals surface area contributed by atoms with Gasteiger partial charge in [0, 0.05) is 18.3 Å². The molecule has 24 heavy (non-hydrogen) atoms. The number of rotatable bonds is 6. The van der Waals surface area contributed by atoms with Crippen LogP contribution in [0.1, 0.15) is 0 Å². The van der Waals surface area contributed by atoms with Gasteiger partial charge in [-0.15, -0.1) is 0 Å². The summed E-state index contributed by atoms with van der Waals surface area (Å²) in [6.45, 7) is -1.24. The van der Waals surface area contributed by atoms with E-state index in [1.807, 2.05) is 0 Å². The van der Waals surface area contributed by atoms with E-state index in [4.69, 9.17) is 5.73 Å². The zero-order valence-corrected chi connectivity index (χ0v) is 12.2. The predicted octanol–water partition coefficient (Wildman–Crippen LogP) is 3.22. The van der Waals surface area contributed by atoms with Crippen molar-refractivity contribution in [3.63, 3.8) is 0 Å². The first-order chi connectivity index (χ1) is 11.1. The first kappa shape index (κ1) is 18.1. The first-order valence-corrected chi connectivity index (χ1v) is 6.74. The molecule has 0 spiro atoms. The van der Waals surface area contributed by atoms with Crippen LogP contribution in [-0.2, 0) is 6.54 Å². The van der Waals surface area contributed by atoms with E-state index in [0.29, 0.717) is 24.2 Å². The van der Waals surface area contributed by atoms with Crippen LogP contribution in [0.15, 0.2) is 30.6 Å². The van der Waals surface area contributed by atoms with Crippen LogP contribution in [0.5, 0.6) is 5.75 Å². The van der Waals surface area contributed by atoms with Crippen LogP contribution < -0.4 is 10.5 Å². The maximum atomic E-state index is 13.6. The zero-order valence-electron chi connectivity index (χ0n) is 12.2. The van der Waals surface area contributed by atoms with E-state index in [2.05, 4.69) is 9.84 Å². The molecule has 132 valence electrons. The minimum Gasteiger partial charge on any atom is -0.484 e. The summed E-state index contributed by atoms with van der Waals surface area (Å²) in [4.78, 5) is 0. The normalized spacial score (nSPS) is 12.5. The number of hydrogen-bond acceptors (Lipinski definition) is 3. The van der Waals surface area contributed by atoms with Gasteiger partial charge in [-0.25, -0.2) is 4.39 Å². The Morgan fingerprint density at radius 1 is 1.12 bits per heavy atom. The Labute approximate surface area is 132 Å². The van der Waals surface area contributed by atoms with Crippen molar-refractivity contribution in [3.05, 3.63) is 36.4 Å². The van der Waals surface area contributed by atoms with Crippen LogP contribution in [0.4, 0.5) is 26.3 Å². The van der Waals surface area contributed by atoms with Crippen LogP contribution in [0.25, 0.3) is 11.1 Å². The molecule has 0 aliphatic carbocycles. The third-order valence-corrected chi connectivity index (χ3v) is 3.08. The van der Waals surface area contributed by atoms with Crippen LogP contribution in [0.3, 0.4) is 0 Å². The average Bonchev–Trinajstić information content (AvgIpc) is 2.94. The molecule has 1 aromatic carbocycles. The molecule has 10 heteroatoms. The fourth-order valence-electron chi connectivity index (χ4n) is 1.81. The second-order valence-corrected chi connectivity index (χ2v) is 4.92. The third kappa shape index (κ3) is 3.99. The van der Waals surface area contributed by atoms with Gasteiger partial charge in [-0.3, -0.25) is 4.68 Å². The molecule has 0 saturated heterocycles. The Kier molecular flexibility index (Phi) is 5.07. The molecule has 2 aromatic rings. The number of nitrogens with zero attached hydrogens (tertiary/aromatic N) is 2. The monoisotopic (exact) mass is 353 g/mol. The summed E-state index contributed by atoms with van der Waals surface area (Å²) in [6, 6.07) is 3.27. The van der Waals surface area contributed by atoms with E-state index in [1.165, 1.54) is 16.9 Å². The molecule has 0 bridgehead atoms. The molecular weight excluding hydrogens is 340 g/mol. The maximum absolute atomic E-state index is 13.6. The SMILES string of the molecule is NCCn1cc(-c2ccc(F)c(OCC(F)(F)C(F)(F)F)c2)cn1. The van der Waals surface area contributed by atoms with Gasteiger partial charge in [0.2, 0.25) is 0 Å². The topological polar surface area (TPSA) is 53.1 Å². The molecular formula is C14H13F6N3O. The lowest BCUT2D eigenvalue weighted by molar-refractivity contribution is -0.290. The van der Waals surface area contributed by atoms with E-state index in [1.54, 1.807) is 6.20 Å². The minimum atomic E-state index is -5.77. The van der Waals surface area contributed by atoms with Gasteiger partial charge in [-0.1, -0.05) is 6.07 Å². The van der Waals surface area contributed by atoms with Gasteiger partial charge < -0.3 is 10.5 Å². The molecule has 0 aliphatic rings. The van der Waals surface area contributed by atoms with Crippen molar-refractivity contribution in [2.75, 3.05) is 13.2 Å². The molecule has 0 unspecified atom stereocenters. The van der Waals surface area contributed by atoms with Crippen LogP contribution >= 0.6 is 0 Å². The van der Waals surface area contributed by atoms with Crippen molar-refractivity contribution < 1.29 is 31.1 Å². The molecule has 0 atom stereocenters. The zero-order chi connectivity index (χ0) is 18.0. The summed E-state index contributed by atoms with van der Waals surface area (Å²) >= 11 is 0. The second-order valence-electron chi connectivity index (χ2n) is 4.92. The summed E-state index contributed by atoms with van der Waals surface area (Å²) in [5.41, 5.74) is 6.24. The first-order valence-electron chi connectivity index (χ1n) is 6.74. The maximum Gasteiger partial charge on any atom is 0.456 e. The third-order valence-electron chi connectivity index (χ3n) is 3.08. The lowest BCUT2D eigenvalue weighted by Crippen LogP contribution is -2.41. The lowest BCUT2D eigenvalue weighted by Gasteiger charge is -2.20. The fourth-order valence-corrected chi connectivity index (χ4v) is 1.81. The van der Waals surface area contributed by atoms with E-state index < -0.39 is 30.3 Å². The molecule has 1 heterocycles. The highest BCUT2D eigenvalue weighted by Gasteiger charge is 2.58. The summed E-state index contributed by atoms with van der Waals surface area (Å²) < 4.78 is 81.5. The smallest absolute Gasteiger partial charge is 0.456 e. The van der Waals surface area contributed by atoms with Gasteiger partial charge in [0.1, 0.15) is 0 Å². The number of alkyl halides is 5. The Morgan fingerprint density at radius 2 is 1.83 bits per heavy atom. The Bertz CT molecular complexity index is 698. The number of ether oxygens (including phenoxy) is 1. The summed E-state index contributed by atoms with van der Waals surface area (Å²) in [5, 5.41) is 3.99. The Balaban J connectivity index is 2.19. The van der Waals surface area contributed by atoms with E-state index in [-0.39, 0.29) is 0 Å². The molecule has 2 N–H and O–H groups in total. The molecule has 4 nitrogen and oxygen atoms in total. The van der Waals surface area contributed by atoms with E-state index >= 15 is 0 Å². The fraction of sp³-hybridized carbons (Fsp3) is 0.357. The highest BCUT2D eigenvalue weighted by Crippen LogP contribution is 2.36. The molecule has 0 fully saturated rings. The van der Waals surface area contributed by atoms with Crippen molar-refractivity contribution in [2.45, 2.75) is 18.6 Å². The van der Waals surface area contributed by atoms with Gasteiger partial charge in [0.25, 0.3) is 0 Å². The summed E-state index contributed by atoms with van der Waals surface area (Å²) in [5.74, 6) is -6.84. The van der Waals surface area contributed by atoms with Gasteiger partial charge in [0.05, 0.1) is 12.7 Å². The van der Waals surface area contributed by atoms with Crippen LogP contribution in [0, 0.1) is 5.82 Å². The van der Waals surface area contributed by atoms with Crippen molar-refractivity contribution in [3.8, 4) is 16.9 Å². The van der Waals surface area contributed by atoms with Crippen molar-refractivity contribution in [1.82, 2.24) is 9.78 Å². The number of aromatic nitrogens is 2. The van der Waals surface area contributed by atoms with Crippen LogP contribution in [-0.4, -0.2) is 35.0 Å². The Morgan fingerprint density at radius 3 is 2.46 bits per heavy atom. The summed E-state index contributed by atoms with van der Waals surface area (Å²) in [6.07, 6.45) is -2.77. The number of benzene rings is 1. The second kappa shape index (κ2) is 6.71. The van der Waals surface area contributed by atoms with Gasteiger partial charge >= 0.3 is 12.1 Å². The van der Waals surface area contributed by atoms with E-state index in [9.17, 15) is 26.3 Å². The lowest BCUT2D eigenvalue weighted by atomic mass is 10.1. The Hall–Kier alpha value is -2.23. The van der Waals surface area contributed by atoms with Gasteiger partial charge in [0.15, 0.2) is 18.2 Å². The number of hydrogen-bond donors (Lipinski definition) is 1. The summed E-state index contributed by atoms with van der Waals surface area (Å²) in [7, 11) is 0. The largest absolute Gasteiger partial charge is 0.484 e. The number of nitrogens with two attached hydrogens (primary N) is 1. The van der Waals surface area contributed by atoms with Crippen molar-refractivity contribution in [1.29, 1.82) is 0 Å². The molecule has 0 aliphatic heterocycles. The van der Waals surface area contributed by atoms with Gasteiger partial charge in [-0.2, -0.15) is 27.1 Å². The minimum absolute atomic E-state index is 0.339. The van der Waals surface area contributed by atoms with Gasteiger partial charge in [-0.05, 0) is 17.7 Å². The van der Waals surface area contributed by atoms with E-state index in [0.717, 1.165) is 12.1 Å². The standard InChI is InChI=1S/C14H13F6N3O/c15-11-2-1-9(10-6-22-23(7-10)4-3-21)5-12(11)24-8-13(16,17)14(18,19)20/h1-2,5-7H,3-4,8,21H2. The quantitative estimate of drug-likeness (QED) is 0.812. The molecule has 2 rings (SSSR count).